The molecule has 0 radical (unpaired) electrons. The third-order valence-corrected chi connectivity index (χ3v) is 1.82. The van der Waals surface area contributed by atoms with Gasteiger partial charge in [0.25, 0.3) is 0 Å². The van der Waals surface area contributed by atoms with Crippen molar-refractivity contribution in [3.63, 3.8) is 0 Å². The van der Waals surface area contributed by atoms with E-state index in [0.717, 1.165) is 12.2 Å². The van der Waals surface area contributed by atoms with Crippen LogP contribution in [0.25, 0.3) is 0 Å². The maximum Gasteiger partial charge on any atom is 0.119 e. The van der Waals surface area contributed by atoms with Crippen molar-refractivity contribution in [1.29, 1.82) is 0 Å². The minimum atomic E-state index is 0.567. The van der Waals surface area contributed by atoms with E-state index in [4.69, 9.17) is 10.5 Å². The standard InChI is InChI=1S/C11H17NO/c1-2-4-10-5-3-6-11(9-10)13-8-7-12/h3,5-6,9H,2,4,7-8,12H2,1H3. The average Bonchev–Trinajstić information content (AvgIpc) is 2.16. The molecule has 1 aromatic rings. The van der Waals surface area contributed by atoms with Gasteiger partial charge in [0.2, 0.25) is 0 Å². The molecule has 1 rings (SSSR count). The van der Waals surface area contributed by atoms with Crippen LogP contribution in [0.1, 0.15) is 18.9 Å². The summed E-state index contributed by atoms with van der Waals surface area (Å²) >= 11 is 0. The van der Waals surface area contributed by atoms with E-state index in [1.807, 2.05) is 12.1 Å². The zero-order chi connectivity index (χ0) is 9.52. The first-order valence-electron chi connectivity index (χ1n) is 4.78. The van der Waals surface area contributed by atoms with Gasteiger partial charge in [-0.2, -0.15) is 0 Å². The number of hydrogen-bond acceptors (Lipinski definition) is 2. The van der Waals surface area contributed by atoms with Gasteiger partial charge in [-0.3, -0.25) is 0 Å². The predicted molar refractivity (Wildman–Crippen MR) is 55.0 cm³/mol. The van der Waals surface area contributed by atoms with Gasteiger partial charge in [0.05, 0.1) is 0 Å². The third kappa shape index (κ3) is 3.47. The van der Waals surface area contributed by atoms with Crippen molar-refractivity contribution in [2.45, 2.75) is 19.8 Å². The molecule has 0 aliphatic carbocycles. The number of rotatable bonds is 5. The van der Waals surface area contributed by atoms with Gasteiger partial charge in [0.1, 0.15) is 12.4 Å². The lowest BCUT2D eigenvalue weighted by Gasteiger charge is -2.05. The smallest absolute Gasteiger partial charge is 0.119 e. The quantitative estimate of drug-likeness (QED) is 0.750. The fraction of sp³-hybridized carbons (Fsp3) is 0.455. The molecular formula is C11H17NO. The summed E-state index contributed by atoms with van der Waals surface area (Å²) in [6.45, 7) is 3.33. The van der Waals surface area contributed by atoms with Crippen LogP contribution in [0.3, 0.4) is 0 Å². The van der Waals surface area contributed by atoms with Crippen LogP contribution in [-0.2, 0) is 6.42 Å². The average molecular weight is 179 g/mol. The second-order valence-corrected chi connectivity index (χ2v) is 3.03. The van der Waals surface area contributed by atoms with Crippen LogP contribution < -0.4 is 10.5 Å². The number of nitrogens with two attached hydrogens (primary N) is 1. The van der Waals surface area contributed by atoms with Gasteiger partial charge in [-0.15, -0.1) is 0 Å². The van der Waals surface area contributed by atoms with Crippen LogP contribution in [0, 0.1) is 0 Å². The SMILES string of the molecule is CCCc1cccc(OCCN)c1. The van der Waals surface area contributed by atoms with Crippen LogP contribution in [0.4, 0.5) is 0 Å². The van der Waals surface area contributed by atoms with E-state index in [2.05, 4.69) is 19.1 Å². The van der Waals surface area contributed by atoms with Crippen molar-refractivity contribution in [3.05, 3.63) is 29.8 Å². The van der Waals surface area contributed by atoms with Crippen molar-refractivity contribution in [1.82, 2.24) is 0 Å². The Hall–Kier alpha value is -1.02. The topological polar surface area (TPSA) is 35.2 Å². The largest absolute Gasteiger partial charge is 0.492 e. The summed E-state index contributed by atoms with van der Waals surface area (Å²) in [5.74, 6) is 0.927. The lowest BCUT2D eigenvalue weighted by molar-refractivity contribution is 0.328. The highest BCUT2D eigenvalue weighted by Gasteiger charge is 1.94. The molecule has 2 nitrogen and oxygen atoms in total. The molecule has 2 N–H and O–H groups in total. The van der Waals surface area contributed by atoms with Crippen molar-refractivity contribution in [3.8, 4) is 5.75 Å². The van der Waals surface area contributed by atoms with Gasteiger partial charge < -0.3 is 10.5 Å². The molecule has 0 fully saturated rings. The summed E-state index contributed by atoms with van der Waals surface area (Å²) in [6, 6.07) is 8.20. The molecule has 0 aromatic heterocycles. The molecule has 0 spiro atoms. The van der Waals surface area contributed by atoms with E-state index < -0.39 is 0 Å². The summed E-state index contributed by atoms with van der Waals surface area (Å²) in [6.07, 6.45) is 2.28. The summed E-state index contributed by atoms with van der Waals surface area (Å²) < 4.78 is 5.42. The Balaban J connectivity index is 2.56. The lowest BCUT2D eigenvalue weighted by Crippen LogP contribution is -2.10. The predicted octanol–water partition coefficient (Wildman–Crippen LogP) is 1.98. The van der Waals surface area contributed by atoms with Crippen molar-refractivity contribution >= 4 is 0 Å². The maximum atomic E-state index is 5.42. The summed E-state index contributed by atoms with van der Waals surface area (Å²) in [5, 5.41) is 0. The minimum absolute atomic E-state index is 0.567. The Morgan fingerprint density at radius 3 is 2.92 bits per heavy atom. The van der Waals surface area contributed by atoms with Crippen molar-refractivity contribution in [2.75, 3.05) is 13.2 Å². The molecule has 0 bridgehead atoms. The Morgan fingerprint density at radius 2 is 2.23 bits per heavy atom. The fourth-order valence-corrected chi connectivity index (χ4v) is 1.26. The first-order chi connectivity index (χ1) is 6.36. The van der Waals surface area contributed by atoms with Gasteiger partial charge in [-0.05, 0) is 24.1 Å². The number of ether oxygens (including phenoxy) is 1. The molecule has 0 atom stereocenters. The summed E-state index contributed by atoms with van der Waals surface area (Å²) in [4.78, 5) is 0. The Kier molecular flexibility index (Phi) is 4.33. The molecule has 0 saturated carbocycles. The Morgan fingerprint density at radius 1 is 1.38 bits per heavy atom. The molecule has 0 unspecified atom stereocenters. The highest BCUT2D eigenvalue weighted by molar-refractivity contribution is 5.28. The molecule has 0 heterocycles. The monoisotopic (exact) mass is 179 g/mol. The van der Waals surface area contributed by atoms with E-state index in [1.54, 1.807) is 0 Å². The molecule has 0 saturated heterocycles. The van der Waals surface area contributed by atoms with Crippen LogP contribution in [0.15, 0.2) is 24.3 Å². The van der Waals surface area contributed by atoms with Crippen LogP contribution in [0.5, 0.6) is 5.75 Å². The van der Waals surface area contributed by atoms with Gasteiger partial charge in [-0.25, -0.2) is 0 Å². The van der Waals surface area contributed by atoms with Gasteiger partial charge in [-0.1, -0.05) is 25.5 Å². The van der Waals surface area contributed by atoms with E-state index >= 15 is 0 Å². The Bertz CT molecular complexity index is 248. The third-order valence-electron chi connectivity index (χ3n) is 1.82. The molecule has 13 heavy (non-hydrogen) atoms. The van der Waals surface area contributed by atoms with E-state index in [0.29, 0.717) is 13.2 Å². The highest BCUT2D eigenvalue weighted by atomic mass is 16.5. The lowest BCUT2D eigenvalue weighted by atomic mass is 10.1. The normalized spacial score (nSPS) is 10.0. The van der Waals surface area contributed by atoms with Crippen LogP contribution >= 0.6 is 0 Å². The first-order valence-corrected chi connectivity index (χ1v) is 4.78. The molecular weight excluding hydrogens is 162 g/mol. The molecule has 0 aliphatic rings. The van der Waals surface area contributed by atoms with E-state index in [9.17, 15) is 0 Å². The molecule has 1 aromatic carbocycles. The number of aryl methyl sites for hydroxylation is 1. The van der Waals surface area contributed by atoms with E-state index in [-0.39, 0.29) is 0 Å². The van der Waals surface area contributed by atoms with E-state index in [1.165, 1.54) is 12.0 Å². The highest BCUT2D eigenvalue weighted by Crippen LogP contribution is 2.14. The maximum absolute atomic E-state index is 5.42. The fourth-order valence-electron chi connectivity index (χ4n) is 1.26. The second kappa shape index (κ2) is 5.60. The number of hydrogen-bond donors (Lipinski definition) is 1. The van der Waals surface area contributed by atoms with Gasteiger partial charge in [0.15, 0.2) is 0 Å². The van der Waals surface area contributed by atoms with Crippen molar-refractivity contribution < 1.29 is 4.74 Å². The molecule has 0 amide bonds. The van der Waals surface area contributed by atoms with Gasteiger partial charge >= 0.3 is 0 Å². The van der Waals surface area contributed by atoms with Crippen molar-refractivity contribution in [2.24, 2.45) is 5.73 Å². The first kappa shape index (κ1) is 10.1. The number of benzene rings is 1. The molecule has 2 heteroatoms. The van der Waals surface area contributed by atoms with Crippen LogP contribution in [0.2, 0.25) is 0 Å². The summed E-state index contributed by atoms with van der Waals surface area (Å²) in [5.41, 5.74) is 6.68. The van der Waals surface area contributed by atoms with Gasteiger partial charge in [0, 0.05) is 6.54 Å². The minimum Gasteiger partial charge on any atom is -0.492 e. The molecule has 72 valence electrons. The Labute approximate surface area is 79.7 Å². The zero-order valence-electron chi connectivity index (χ0n) is 8.12. The summed E-state index contributed by atoms with van der Waals surface area (Å²) in [7, 11) is 0. The second-order valence-electron chi connectivity index (χ2n) is 3.03. The zero-order valence-corrected chi connectivity index (χ0v) is 8.12. The van der Waals surface area contributed by atoms with Crippen LogP contribution in [-0.4, -0.2) is 13.2 Å². The molecule has 0 aliphatic heterocycles.